The summed E-state index contributed by atoms with van der Waals surface area (Å²) in [5, 5.41) is 3.21. The number of rotatable bonds is 3. The molecule has 1 aromatic rings. The van der Waals surface area contributed by atoms with Crippen molar-refractivity contribution in [1.82, 2.24) is 4.98 Å². The lowest BCUT2D eigenvalue weighted by atomic mass is 10.1. The predicted octanol–water partition coefficient (Wildman–Crippen LogP) is 2.64. The minimum Gasteiger partial charge on any atom is -0.384 e. The van der Waals surface area contributed by atoms with Crippen LogP contribution >= 0.6 is 0 Å². The zero-order valence-corrected chi connectivity index (χ0v) is 7.96. The van der Waals surface area contributed by atoms with Crippen LogP contribution in [0, 0.1) is 0 Å². The van der Waals surface area contributed by atoms with E-state index in [-0.39, 0.29) is 0 Å². The Morgan fingerprint density at radius 2 is 2.17 bits per heavy atom. The van der Waals surface area contributed by atoms with Crippen molar-refractivity contribution in [2.45, 2.75) is 26.7 Å². The Morgan fingerprint density at radius 1 is 1.42 bits per heavy atom. The van der Waals surface area contributed by atoms with E-state index in [9.17, 15) is 0 Å². The Balaban J connectivity index is 2.71. The summed E-state index contributed by atoms with van der Waals surface area (Å²) in [5.74, 6) is 0.515. The Bertz CT molecular complexity index is 226. The summed E-state index contributed by atoms with van der Waals surface area (Å²) < 4.78 is 0. The lowest BCUT2D eigenvalue weighted by Crippen LogP contribution is -1.98. The van der Waals surface area contributed by atoms with Crippen LogP contribution in [-0.4, -0.2) is 11.5 Å². The lowest BCUT2D eigenvalue weighted by Gasteiger charge is -2.06. The molecule has 0 spiro atoms. The van der Waals surface area contributed by atoms with Gasteiger partial charge in [0.25, 0.3) is 0 Å². The first kappa shape index (κ1) is 9.04. The Labute approximate surface area is 74.0 Å². The van der Waals surface area contributed by atoms with Gasteiger partial charge in [0, 0.05) is 12.2 Å². The van der Waals surface area contributed by atoms with Crippen molar-refractivity contribution in [3.05, 3.63) is 24.0 Å². The molecule has 1 N–H and O–H groups in total. The zero-order chi connectivity index (χ0) is 8.97. The van der Waals surface area contributed by atoms with Crippen LogP contribution in [0.1, 0.15) is 32.4 Å². The fraction of sp³-hybridized carbons (Fsp3) is 0.500. The molecule has 1 rings (SSSR count). The maximum atomic E-state index is 4.33. The molecule has 1 heterocycles. The SMILES string of the molecule is CCNc1ccc(C(C)C)nc1. The van der Waals surface area contributed by atoms with Crippen LogP contribution < -0.4 is 5.32 Å². The van der Waals surface area contributed by atoms with Gasteiger partial charge < -0.3 is 5.32 Å². The molecule has 0 saturated heterocycles. The zero-order valence-electron chi connectivity index (χ0n) is 7.96. The van der Waals surface area contributed by atoms with Gasteiger partial charge in [0.2, 0.25) is 0 Å². The highest BCUT2D eigenvalue weighted by atomic mass is 14.9. The van der Waals surface area contributed by atoms with Crippen LogP contribution in [-0.2, 0) is 0 Å². The summed E-state index contributed by atoms with van der Waals surface area (Å²) in [7, 11) is 0. The molecule has 0 aliphatic heterocycles. The molecule has 0 unspecified atom stereocenters. The topological polar surface area (TPSA) is 24.9 Å². The van der Waals surface area contributed by atoms with Gasteiger partial charge in [0.1, 0.15) is 0 Å². The van der Waals surface area contributed by atoms with Crippen molar-refractivity contribution < 1.29 is 0 Å². The minimum atomic E-state index is 0.515. The molecule has 12 heavy (non-hydrogen) atoms. The van der Waals surface area contributed by atoms with E-state index >= 15 is 0 Å². The highest BCUT2D eigenvalue weighted by Crippen LogP contribution is 2.13. The van der Waals surface area contributed by atoms with Crippen molar-refractivity contribution in [3.8, 4) is 0 Å². The molecule has 0 amide bonds. The van der Waals surface area contributed by atoms with E-state index in [1.165, 1.54) is 0 Å². The van der Waals surface area contributed by atoms with Crippen LogP contribution in [0.25, 0.3) is 0 Å². The molecule has 2 heteroatoms. The van der Waals surface area contributed by atoms with E-state index in [1.54, 1.807) is 0 Å². The number of anilines is 1. The van der Waals surface area contributed by atoms with E-state index in [0.717, 1.165) is 17.9 Å². The quantitative estimate of drug-likeness (QED) is 0.742. The second-order valence-electron chi connectivity index (χ2n) is 3.16. The molecule has 0 aliphatic rings. The van der Waals surface area contributed by atoms with Crippen molar-refractivity contribution >= 4 is 5.69 Å². The van der Waals surface area contributed by atoms with Gasteiger partial charge in [-0.3, -0.25) is 4.98 Å². The van der Waals surface area contributed by atoms with Crippen molar-refractivity contribution in [1.29, 1.82) is 0 Å². The normalized spacial score (nSPS) is 10.3. The van der Waals surface area contributed by atoms with Gasteiger partial charge in [-0.15, -0.1) is 0 Å². The van der Waals surface area contributed by atoms with Gasteiger partial charge in [0.15, 0.2) is 0 Å². The van der Waals surface area contributed by atoms with Crippen molar-refractivity contribution in [2.24, 2.45) is 0 Å². The van der Waals surface area contributed by atoms with Crippen LogP contribution in [0.3, 0.4) is 0 Å². The second-order valence-corrected chi connectivity index (χ2v) is 3.16. The smallest absolute Gasteiger partial charge is 0.0526 e. The molecule has 0 aliphatic carbocycles. The third kappa shape index (κ3) is 2.22. The van der Waals surface area contributed by atoms with Gasteiger partial charge in [-0.1, -0.05) is 13.8 Å². The molecule has 0 atom stereocenters. The van der Waals surface area contributed by atoms with Gasteiger partial charge in [-0.25, -0.2) is 0 Å². The fourth-order valence-electron chi connectivity index (χ4n) is 1.06. The number of aromatic nitrogens is 1. The first-order valence-corrected chi connectivity index (χ1v) is 4.44. The van der Waals surface area contributed by atoms with E-state index in [4.69, 9.17) is 0 Å². The van der Waals surface area contributed by atoms with Crippen LogP contribution in [0.2, 0.25) is 0 Å². The van der Waals surface area contributed by atoms with Crippen LogP contribution in [0.15, 0.2) is 18.3 Å². The molecule has 2 nitrogen and oxygen atoms in total. The molecule has 0 bridgehead atoms. The number of nitrogens with zero attached hydrogens (tertiary/aromatic N) is 1. The fourth-order valence-corrected chi connectivity index (χ4v) is 1.06. The van der Waals surface area contributed by atoms with Gasteiger partial charge in [-0.2, -0.15) is 0 Å². The predicted molar refractivity (Wildman–Crippen MR) is 52.5 cm³/mol. The standard InChI is InChI=1S/C10H16N2/c1-4-11-9-5-6-10(8(2)3)12-7-9/h5-8,11H,4H2,1-3H3. The van der Waals surface area contributed by atoms with E-state index < -0.39 is 0 Å². The van der Waals surface area contributed by atoms with Gasteiger partial charge in [-0.05, 0) is 25.0 Å². The van der Waals surface area contributed by atoms with Crippen LogP contribution in [0.4, 0.5) is 5.69 Å². The van der Waals surface area contributed by atoms with Crippen molar-refractivity contribution in [3.63, 3.8) is 0 Å². The molecule has 0 saturated carbocycles. The summed E-state index contributed by atoms with van der Waals surface area (Å²) in [6.45, 7) is 7.32. The number of nitrogens with one attached hydrogen (secondary N) is 1. The molecule has 66 valence electrons. The molecular formula is C10H16N2. The maximum absolute atomic E-state index is 4.33. The molecule has 0 fully saturated rings. The third-order valence-electron chi connectivity index (χ3n) is 1.76. The van der Waals surface area contributed by atoms with Crippen molar-refractivity contribution in [2.75, 3.05) is 11.9 Å². The first-order chi connectivity index (χ1) is 5.74. The summed E-state index contributed by atoms with van der Waals surface area (Å²) in [5.41, 5.74) is 2.25. The summed E-state index contributed by atoms with van der Waals surface area (Å²) in [4.78, 5) is 4.33. The maximum Gasteiger partial charge on any atom is 0.0526 e. The molecular weight excluding hydrogens is 148 g/mol. The first-order valence-electron chi connectivity index (χ1n) is 4.44. The third-order valence-corrected chi connectivity index (χ3v) is 1.76. The Kier molecular flexibility index (Phi) is 3.09. The molecule has 1 aromatic heterocycles. The minimum absolute atomic E-state index is 0.515. The van der Waals surface area contributed by atoms with E-state index in [2.05, 4.69) is 43.2 Å². The average Bonchev–Trinajstić information content (AvgIpc) is 2.06. The lowest BCUT2D eigenvalue weighted by molar-refractivity contribution is 0.823. The monoisotopic (exact) mass is 164 g/mol. The van der Waals surface area contributed by atoms with Gasteiger partial charge >= 0.3 is 0 Å². The Hall–Kier alpha value is -1.05. The summed E-state index contributed by atoms with van der Waals surface area (Å²) in [6.07, 6.45) is 1.89. The number of hydrogen-bond donors (Lipinski definition) is 1. The van der Waals surface area contributed by atoms with Crippen LogP contribution in [0.5, 0.6) is 0 Å². The second kappa shape index (κ2) is 4.10. The van der Waals surface area contributed by atoms with E-state index in [0.29, 0.717) is 5.92 Å². The van der Waals surface area contributed by atoms with E-state index in [1.807, 2.05) is 6.20 Å². The highest BCUT2D eigenvalue weighted by molar-refractivity contribution is 5.40. The largest absolute Gasteiger partial charge is 0.384 e. The number of pyridine rings is 1. The molecule has 0 radical (unpaired) electrons. The highest BCUT2D eigenvalue weighted by Gasteiger charge is 1.98. The Morgan fingerprint density at radius 3 is 2.58 bits per heavy atom. The summed E-state index contributed by atoms with van der Waals surface area (Å²) >= 11 is 0. The number of hydrogen-bond acceptors (Lipinski definition) is 2. The molecule has 0 aromatic carbocycles. The van der Waals surface area contributed by atoms with Gasteiger partial charge in [0.05, 0.1) is 11.9 Å². The average molecular weight is 164 g/mol. The summed E-state index contributed by atoms with van der Waals surface area (Å²) in [6, 6.07) is 4.15.